The summed E-state index contributed by atoms with van der Waals surface area (Å²) in [5, 5.41) is 10.2. The van der Waals surface area contributed by atoms with Crippen molar-refractivity contribution in [3.05, 3.63) is 59.4 Å². The lowest BCUT2D eigenvalue weighted by molar-refractivity contribution is -0.171. The zero-order chi connectivity index (χ0) is 21.9. The molecule has 0 radical (unpaired) electrons. The van der Waals surface area contributed by atoms with Crippen LogP contribution in [0.2, 0.25) is 0 Å². The number of carbonyl (C=O) groups excluding carboxylic acids is 4. The van der Waals surface area contributed by atoms with E-state index in [-0.39, 0.29) is 17.5 Å². The first-order valence-electron chi connectivity index (χ1n) is 9.10. The molecule has 1 aromatic heterocycles. The zero-order valence-electron chi connectivity index (χ0n) is 16.6. The average Bonchev–Trinajstić information content (AvgIpc) is 2.92. The molecule has 1 aromatic carbocycles. The Labute approximate surface area is 172 Å². The third-order valence-corrected chi connectivity index (χ3v) is 4.00. The van der Waals surface area contributed by atoms with E-state index >= 15 is 0 Å². The van der Waals surface area contributed by atoms with Crippen molar-refractivity contribution in [3.8, 4) is 0 Å². The summed E-state index contributed by atoms with van der Waals surface area (Å²) >= 11 is 0. The Hall–Kier alpha value is -3.82. The number of hydroxylamine groups is 2. The van der Waals surface area contributed by atoms with Crippen molar-refractivity contribution >= 4 is 23.9 Å². The second kappa shape index (κ2) is 8.27. The van der Waals surface area contributed by atoms with Crippen LogP contribution in [0.25, 0.3) is 0 Å². The molecule has 0 aliphatic carbocycles. The first-order valence-corrected chi connectivity index (χ1v) is 9.10. The molecular weight excluding hydrogens is 392 g/mol. The van der Waals surface area contributed by atoms with Gasteiger partial charge in [-0.2, -0.15) is 10.2 Å². The Morgan fingerprint density at radius 2 is 1.70 bits per heavy atom. The molecule has 1 atom stereocenters. The lowest BCUT2D eigenvalue weighted by Gasteiger charge is -2.23. The lowest BCUT2D eigenvalue weighted by atomic mass is 10.1. The van der Waals surface area contributed by atoms with E-state index in [0.29, 0.717) is 10.6 Å². The standard InChI is InChI=1S/C20H20N4O6/c1-20(2,3)29-19(28)23-15(10-12-8-9-21-22-11-12)18(27)30-24-16(25)13-6-4-5-7-14(13)17(24)26/h4-9,11,15H,10H2,1-3H3,(H,23,28). The van der Waals surface area contributed by atoms with Crippen molar-refractivity contribution in [2.45, 2.75) is 38.8 Å². The van der Waals surface area contributed by atoms with E-state index in [4.69, 9.17) is 9.57 Å². The fourth-order valence-corrected chi connectivity index (χ4v) is 2.72. The third-order valence-electron chi connectivity index (χ3n) is 4.00. The summed E-state index contributed by atoms with van der Waals surface area (Å²) in [5.41, 5.74) is 0.0418. The SMILES string of the molecule is CC(C)(C)OC(=O)NC(Cc1ccnnc1)C(=O)ON1C(=O)c2ccccc2C1=O. The maximum Gasteiger partial charge on any atom is 0.408 e. The molecule has 1 aliphatic heterocycles. The van der Waals surface area contributed by atoms with Crippen LogP contribution in [0.15, 0.2) is 42.7 Å². The Kier molecular flexibility index (Phi) is 5.77. The normalized spacial score (nSPS) is 14.2. The summed E-state index contributed by atoms with van der Waals surface area (Å²) in [6, 6.07) is 6.47. The summed E-state index contributed by atoms with van der Waals surface area (Å²) in [6.07, 6.45) is 1.97. The van der Waals surface area contributed by atoms with E-state index in [2.05, 4.69) is 15.5 Å². The van der Waals surface area contributed by atoms with Gasteiger partial charge < -0.3 is 14.9 Å². The smallest absolute Gasteiger partial charge is 0.408 e. The third kappa shape index (κ3) is 4.77. The molecule has 3 amide bonds. The average molecular weight is 412 g/mol. The highest BCUT2D eigenvalue weighted by atomic mass is 16.7. The summed E-state index contributed by atoms with van der Waals surface area (Å²) in [6.45, 7) is 5.02. The number of hydrogen-bond acceptors (Lipinski definition) is 8. The Morgan fingerprint density at radius 1 is 1.07 bits per heavy atom. The number of aromatic nitrogens is 2. The number of rotatable bonds is 5. The molecule has 0 fully saturated rings. The van der Waals surface area contributed by atoms with Crippen molar-refractivity contribution in [1.82, 2.24) is 20.6 Å². The number of fused-ring (bicyclic) bond motifs is 1. The fraction of sp³-hybridized carbons (Fsp3) is 0.300. The van der Waals surface area contributed by atoms with Gasteiger partial charge in [0.05, 0.1) is 17.3 Å². The van der Waals surface area contributed by atoms with Crippen molar-refractivity contribution in [2.24, 2.45) is 0 Å². The molecule has 156 valence electrons. The van der Waals surface area contributed by atoms with Gasteiger partial charge >= 0.3 is 12.1 Å². The Bertz CT molecular complexity index is 951. The van der Waals surface area contributed by atoms with Gasteiger partial charge in [-0.15, -0.1) is 0 Å². The van der Waals surface area contributed by atoms with Gasteiger partial charge in [-0.25, -0.2) is 9.59 Å². The molecule has 1 N–H and O–H groups in total. The molecule has 30 heavy (non-hydrogen) atoms. The molecule has 2 aromatic rings. The number of benzene rings is 1. The highest BCUT2D eigenvalue weighted by Gasteiger charge is 2.40. The lowest BCUT2D eigenvalue weighted by Crippen LogP contribution is -2.48. The van der Waals surface area contributed by atoms with Crippen molar-refractivity contribution < 1.29 is 28.8 Å². The number of imide groups is 1. The number of ether oxygens (including phenoxy) is 1. The highest BCUT2D eigenvalue weighted by Crippen LogP contribution is 2.23. The topological polar surface area (TPSA) is 128 Å². The van der Waals surface area contributed by atoms with Crippen LogP contribution in [-0.4, -0.2) is 50.8 Å². The Morgan fingerprint density at radius 3 is 2.23 bits per heavy atom. The zero-order valence-corrected chi connectivity index (χ0v) is 16.6. The number of amides is 3. The highest BCUT2D eigenvalue weighted by molar-refractivity contribution is 6.20. The number of carbonyl (C=O) groups is 4. The van der Waals surface area contributed by atoms with Crippen LogP contribution >= 0.6 is 0 Å². The van der Waals surface area contributed by atoms with Gasteiger partial charge in [0.25, 0.3) is 11.8 Å². The second-order valence-electron chi connectivity index (χ2n) is 7.51. The molecule has 10 nitrogen and oxygen atoms in total. The van der Waals surface area contributed by atoms with Crippen molar-refractivity contribution in [3.63, 3.8) is 0 Å². The molecular formula is C20H20N4O6. The van der Waals surface area contributed by atoms with Gasteiger partial charge in [-0.1, -0.05) is 17.2 Å². The van der Waals surface area contributed by atoms with Crippen LogP contribution in [0, 0.1) is 0 Å². The monoisotopic (exact) mass is 412 g/mol. The molecule has 0 spiro atoms. The summed E-state index contributed by atoms with van der Waals surface area (Å²) < 4.78 is 5.19. The predicted octanol–water partition coefficient (Wildman–Crippen LogP) is 1.67. The minimum Gasteiger partial charge on any atom is -0.444 e. The van der Waals surface area contributed by atoms with Crippen molar-refractivity contribution in [2.75, 3.05) is 0 Å². The summed E-state index contributed by atoms with van der Waals surface area (Å²) in [4.78, 5) is 54.9. The molecule has 0 saturated heterocycles. The van der Waals surface area contributed by atoms with Crippen LogP contribution in [0.4, 0.5) is 4.79 Å². The largest absolute Gasteiger partial charge is 0.444 e. The van der Waals surface area contributed by atoms with Crippen LogP contribution in [0.5, 0.6) is 0 Å². The van der Waals surface area contributed by atoms with E-state index in [1.807, 2.05) is 0 Å². The van der Waals surface area contributed by atoms with E-state index < -0.39 is 35.5 Å². The quantitative estimate of drug-likeness (QED) is 0.735. The van der Waals surface area contributed by atoms with Crippen LogP contribution in [0.1, 0.15) is 47.1 Å². The number of alkyl carbamates (subject to hydrolysis) is 1. The van der Waals surface area contributed by atoms with E-state index in [0.717, 1.165) is 0 Å². The van der Waals surface area contributed by atoms with Gasteiger partial charge in [-0.05, 0) is 44.5 Å². The molecule has 10 heteroatoms. The summed E-state index contributed by atoms with van der Waals surface area (Å²) in [5.74, 6) is -2.52. The predicted molar refractivity (Wildman–Crippen MR) is 102 cm³/mol. The molecule has 1 unspecified atom stereocenters. The first kappa shape index (κ1) is 20.9. The van der Waals surface area contributed by atoms with Crippen LogP contribution in [0.3, 0.4) is 0 Å². The summed E-state index contributed by atoms with van der Waals surface area (Å²) in [7, 11) is 0. The molecule has 0 saturated carbocycles. The molecule has 3 rings (SSSR count). The van der Waals surface area contributed by atoms with Gasteiger partial charge in [-0.3, -0.25) is 9.59 Å². The van der Waals surface area contributed by atoms with Crippen LogP contribution in [-0.2, 0) is 20.8 Å². The maximum absolute atomic E-state index is 12.8. The minimum absolute atomic E-state index is 0.0171. The van der Waals surface area contributed by atoms with E-state index in [9.17, 15) is 19.2 Å². The molecule has 1 aliphatic rings. The maximum atomic E-state index is 12.8. The molecule has 0 bridgehead atoms. The Balaban J connectivity index is 1.77. The van der Waals surface area contributed by atoms with Crippen LogP contribution < -0.4 is 5.32 Å². The van der Waals surface area contributed by atoms with Gasteiger partial charge in [0.1, 0.15) is 11.6 Å². The fourth-order valence-electron chi connectivity index (χ4n) is 2.72. The minimum atomic E-state index is -1.24. The van der Waals surface area contributed by atoms with E-state index in [1.54, 1.807) is 39.0 Å². The van der Waals surface area contributed by atoms with Gasteiger partial charge in [0.2, 0.25) is 0 Å². The first-order chi connectivity index (χ1) is 14.2. The van der Waals surface area contributed by atoms with Crippen molar-refractivity contribution in [1.29, 1.82) is 0 Å². The molecule has 2 heterocycles. The number of nitrogens with zero attached hydrogens (tertiary/aromatic N) is 3. The van der Waals surface area contributed by atoms with E-state index in [1.165, 1.54) is 24.5 Å². The number of hydrogen-bond donors (Lipinski definition) is 1. The van der Waals surface area contributed by atoms with Gasteiger partial charge in [0.15, 0.2) is 0 Å². The van der Waals surface area contributed by atoms with Gasteiger partial charge in [0, 0.05) is 12.6 Å². The second-order valence-corrected chi connectivity index (χ2v) is 7.51. The number of nitrogens with one attached hydrogen (secondary N) is 1.